The molecule has 0 saturated carbocycles. The second-order valence-corrected chi connectivity index (χ2v) is 6.05. The molecular weight excluding hydrogens is 288 g/mol. The first-order valence-electron chi connectivity index (χ1n) is 7.90. The van der Waals surface area contributed by atoms with Crippen LogP contribution in [0.2, 0.25) is 0 Å². The summed E-state index contributed by atoms with van der Waals surface area (Å²) in [4.78, 5) is 9.57. The SMILES string of the molecule is CN1CCN(C2=Nc3ccccc3Oc3ccc(N)cc32)CC1. The Morgan fingerprint density at radius 3 is 2.61 bits per heavy atom. The third-order valence-electron chi connectivity index (χ3n) is 4.36. The van der Waals surface area contributed by atoms with Gasteiger partial charge in [0.25, 0.3) is 0 Å². The lowest BCUT2D eigenvalue weighted by molar-refractivity contribution is 0.215. The third kappa shape index (κ3) is 2.64. The van der Waals surface area contributed by atoms with E-state index in [-0.39, 0.29) is 0 Å². The van der Waals surface area contributed by atoms with E-state index in [0.717, 1.165) is 60.5 Å². The van der Waals surface area contributed by atoms with Gasteiger partial charge in [0, 0.05) is 31.9 Å². The third-order valence-corrected chi connectivity index (χ3v) is 4.36. The van der Waals surface area contributed by atoms with E-state index >= 15 is 0 Å². The van der Waals surface area contributed by atoms with Gasteiger partial charge in [0.05, 0.1) is 5.56 Å². The molecular formula is C18H20N4O. The number of fused-ring (bicyclic) bond motifs is 2. The minimum absolute atomic E-state index is 0.722. The van der Waals surface area contributed by atoms with Gasteiger partial charge in [0.1, 0.15) is 17.3 Å². The van der Waals surface area contributed by atoms with Gasteiger partial charge in [-0.2, -0.15) is 0 Å². The number of piperazine rings is 1. The van der Waals surface area contributed by atoms with Crippen LogP contribution >= 0.6 is 0 Å². The maximum atomic E-state index is 6.09. The molecule has 2 N–H and O–H groups in total. The molecule has 2 aromatic carbocycles. The number of hydrogen-bond donors (Lipinski definition) is 1. The lowest BCUT2D eigenvalue weighted by Crippen LogP contribution is -2.47. The summed E-state index contributed by atoms with van der Waals surface area (Å²) in [5.74, 6) is 2.54. The number of nitrogen functional groups attached to an aromatic ring is 1. The Labute approximate surface area is 136 Å². The molecule has 0 unspecified atom stereocenters. The highest BCUT2D eigenvalue weighted by Gasteiger charge is 2.25. The van der Waals surface area contributed by atoms with E-state index in [0.29, 0.717) is 0 Å². The molecule has 1 fully saturated rings. The number of nitrogens with zero attached hydrogens (tertiary/aromatic N) is 3. The monoisotopic (exact) mass is 308 g/mol. The molecule has 0 atom stereocenters. The second-order valence-electron chi connectivity index (χ2n) is 6.05. The molecule has 0 bridgehead atoms. The van der Waals surface area contributed by atoms with E-state index in [4.69, 9.17) is 15.5 Å². The quantitative estimate of drug-likeness (QED) is 0.760. The van der Waals surface area contributed by atoms with Crippen molar-refractivity contribution in [1.29, 1.82) is 0 Å². The van der Waals surface area contributed by atoms with Gasteiger partial charge in [-0.05, 0) is 37.4 Å². The maximum absolute atomic E-state index is 6.09. The Balaban J connectivity index is 1.84. The number of likely N-dealkylation sites (N-methyl/N-ethyl adjacent to an activating group) is 1. The maximum Gasteiger partial charge on any atom is 0.153 e. The van der Waals surface area contributed by atoms with Crippen molar-refractivity contribution in [3.05, 3.63) is 48.0 Å². The van der Waals surface area contributed by atoms with Crippen molar-refractivity contribution < 1.29 is 4.74 Å². The van der Waals surface area contributed by atoms with E-state index in [9.17, 15) is 0 Å². The summed E-state index contributed by atoms with van der Waals surface area (Å²) < 4.78 is 6.09. The number of ether oxygens (including phenoxy) is 1. The molecule has 5 nitrogen and oxygen atoms in total. The van der Waals surface area contributed by atoms with Crippen LogP contribution in [-0.4, -0.2) is 48.9 Å². The fourth-order valence-electron chi connectivity index (χ4n) is 3.00. The Kier molecular flexibility index (Phi) is 3.42. The number of rotatable bonds is 0. The molecule has 0 amide bonds. The predicted octanol–water partition coefficient (Wildman–Crippen LogP) is 2.70. The van der Waals surface area contributed by atoms with Crippen molar-refractivity contribution in [2.45, 2.75) is 0 Å². The van der Waals surface area contributed by atoms with Crippen molar-refractivity contribution >= 4 is 17.2 Å². The molecule has 1 saturated heterocycles. The molecule has 2 heterocycles. The van der Waals surface area contributed by atoms with Gasteiger partial charge in [-0.1, -0.05) is 12.1 Å². The second kappa shape index (κ2) is 5.59. The average Bonchev–Trinajstić information content (AvgIpc) is 2.72. The van der Waals surface area contributed by atoms with Crippen LogP contribution in [0, 0.1) is 0 Å². The van der Waals surface area contributed by atoms with Crippen LogP contribution in [0.15, 0.2) is 47.5 Å². The molecule has 5 heteroatoms. The van der Waals surface area contributed by atoms with Gasteiger partial charge < -0.3 is 20.3 Å². The topological polar surface area (TPSA) is 54.1 Å². The number of benzene rings is 2. The number of para-hydroxylation sites is 2. The van der Waals surface area contributed by atoms with Gasteiger partial charge in [0.2, 0.25) is 0 Å². The van der Waals surface area contributed by atoms with Crippen molar-refractivity contribution in [3.8, 4) is 11.5 Å². The predicted molar refractivity (Wildman–Crippen MR) is 92.6 cm³/mol. The Morgan fingerprint density at radius 2 is 1.78 bits per heavy atom. The highest BCUT2D eigenvalue weighted by atomic mass is 16.5. The normalized spacial score (nSPS) is 17.6. The van der Waals surface area contributed by atoms with Crippen molar-refractivity contribution in [2.75, 3.05) is 39.0 Å². The molecule has 0 spiro atoms. The van der Waals surface area contributed by atoms with Gasteiger partial charge in [-0.3, -0.25) is 0 Å². The summed E-state index contributed by atoms with van der Waals surface area (Å²) in [5, 5.41) is 0. The van der Waals surface area contributed by atoms with Crippen LogP contribution in [0.5, 0.6) is 11.5 Å². The number of hydrogen-bond acceptors (Lipinski definition) is 5. The van der Waals surface area contributed by atoms with Crippen LogP contribution in [-0.2, 0) is 0 Å². The van der Waals surface area contributed by atoms with E-state index in [1.807, 2.05) is 42.5 Å². The summed E-state index contributed by atoms with van der Waals surface area (Å²) >= 11 is 0. The minimum atomic E-state index is 0.722. The Hall–Kier alpha value is -2.53. The fraction of sp³-hybridized carbons (Fsp3) is 0.278. The molecule has 118 valence electrons. The number of aliphatic imine (C=N–C) groups is 1. The Morgan fingerprint density at radius 1 is 1.00 bits per heavy atom. The standard InChI is InChI=1S/C18H20N4O/c1-21-8-10-22(11-9-21)18-14-12-13(19)6-7-16(14)23-17-5-3-2-4-15(17)20-18/h2-7,12H,8-11,19H2,1H3. The Bertz CT molecular complexity index is 763. The molecule has 0 aromatic heterocycles. The van der Waals surface area contributed by atoms with Gasteiger partial charge >= 0.3 is 0 Å². The largest absolute Gasteiger partial charge is 0.454 e. The summed E-state index contributed by atoms with van der Waals surface area (Å²) in [6.07, 6.45) is 0. The van der Waals surface area contributed by atoms with E-state index in [2.05, 4.69) is 16.8 Å². The molecule has 0 aliphatic carbocycles. The summed E-state index contributed by atoms with van der Waals surface area (Å²) in [6.45, 7) is 3.95. The minimum Gasteiger partial charge on any atom is -0.454 e. The fourth-order valence-corrected chi connectivity index (χ4v) is 3.00. The van der Waals surface area contributed by atoms with Crippen LogP contribution in [0.3, 0.4) is 0 Å². The number of anilines is 1. The van der Waals surface area contributed by atoms with E-state index < -0.39 is 0 Å². The van der Waals surface area contributed by atoms with Gasteiger partial charge in [-0.25, -0.2) is 4.99 Å². The molecule has 2 aromatic rings. The summed E-state index contributed by atoms with van der Waals surface area (Å²) in [5.41, 5.74) is 8.56. The number of amidine groups is 1. The lowest BCUT2D eigenvalue weighted by atomic mass is 10.1. The van der Waals surface area contributed by atoms with Gasteiger partial charge in [0.15, 0.2) is 5.75 Å². The molecule has 2 aliphatic heterocycles. The number of nitrogens with two attached hydrogens (primary N) is 1. The molecule has 2 aliphatic rings. The molecule has 4 rings (SSSR count). The smallest absolute Gasteiger partial charge is 0.153 e. The first-order chi connectivity index (χ1) is 11.2. The zero-order valence-electron chi connectivity index (χ0n) is 13.2. The summed E-state index contributed by atoms with van der Waals surface area (Å²) in [6, 6.07) is 13.6. The van der Waals surface area contributed by atoms with Crippen molar-refractivity contribution in [3.63, 3.8) is 0 Å². The highest BCUT2D eigenvalue weighted by Crippen LogP contribution is 2.38. The van der Waals surface area contributed by atoms with Crippen LogP contribution in [0.1, 0.15) is 5.56 Å². The van der Waals surface area contributed by atoms with Crippen LogP contribution in [0.4, 0.5) is 11.4 Å². The zero-order valence-corrected chi connectivity index (χ0v) is 13.2. The van der Waals surface area contributed by atoms with Crippen molar-refractivity contribution in [1.82, 2.24) is 9.80 Å². The summed E-state index contributed by atoms with van der Waals surface area (Å²) in [7, 11) is 2.15. The van der Waals surface area contributed by atoms with E-state index in [1.54, 1.807) is 0 Å². The van der Waals surface area contributed by atoms with Gasteiger partial charge in [-0.15, -0.1) is 0 Å². The zero-order chi connectivity index (χ0) is 15.8. The molecule has 23 heavy (non-hydrogen) atoms. The lowest BCUT2D eigenvalue weighted by Gasteiger charge is -2.34. The van der Waals surface area contributed by atoms with Crippen LogP contribution < -0.4 is 10.5 Å². The van der Waals surface area contributed by atoms with E-state index in [1.165, 1.54) is 0 Å². The molecule has 0 radical (unpaired) electrons. The van der Waals surface area contributed by atoms with Crippen LogP contribution in [0.25, 0.3) is 0 Å². The highest BCUT2D eigenvalue weighted by molar-refractivity contribution is 6.04. The first kappa shape index (κ1) is 14.1. The average molecular weight is 308 g/mol. The first-order valence-corrected chi connectivity index (χ1v) is 7.90. The van der Waals surface area contributed by atoms with Crippen molar-refractivity contribution in [2.24, 2.45) is 4.99 Å².